The van der Waals surface area contributed by atoms with E-state index >= 15 is 0 Å². The maximum Gasteiger partial charge on any atom is 0.326 e. The Balaban J connectivity index is 1.32. The second-order valence-electron chi connectivity index (χ2n) is 11.8. The minimum atomic E-state index is -1.07. The SMILES string of the molecule is CCCCCC(NC(=O)Cc1csc(-c2cccc(CCC(CC)C(NC(=O)Cc3csc(-c4ccccc4)n3)C(=O)O)c2)n1)C(=O)O. The summed E-state index contributed by atoms with van der Waals surface area (Å²) in [7, 11) is 0. The van der Waals surface area contributed by atoms with Gasteiger partial charge in [-0.3, -0.25) is 9.59 Å². The van der Waals surface area contributed by atoms with Gasteiger partial charge in [0.05, 0.1) is 24.2 Å². The number of thiazole rings is 2. The van der Waals surface area contributed by atoms with Gasteiger partial charge < -0.3 is 20.8 Å². The van der Waals surface area contributed by atoms with E-state index in [0.29, 0.717) is 37.1 Å². The van der Waals surface area contributed by atoms with Gasteiger partial charge in [0.1, 0.15) is 22.1 Å². The first-order valence-corrected chi connectivity index (χ1v) is 18.0. The largest absolute Gasteiger partial charge is 0.480 e. The van der Waals surface area contributed by atoms with Gasteiger partial charge in [-0.05, 0) is 36.8 Å². The smallest absolute Gasteiger partial charge is 0.326 e. The van der Waals surface area contributed by atoms with Crippen LogP contribution >= 0.6 is 22.7 Å². The van der Waals surface area contributed by atoms with Crippen LogP contribution in [-0.2, 0) is 38.4 Å². The summed E-state index contributed by atoms with van der Waals surface area (Å²) in [4.78, 5) is 58.5. The molecule has 254 valence electrons. The van der Waals surface area contributed by atoms with E-state index in [9.17, 15) is 29.4 Å². The standard InChI is InChI=1S/C36H42N4O6S2/c1-3-5-7-15-29(35(43)44)39-30(41)19-27-22-48-34(38-27)26-14-10-11-23(18-26)16-17-24(4-2)32(36(45)46)40-31(42)20-28-21-47-33(37-28)25-12-8-6-9-13-25/h6,8-14,18,21-22,24,29,32H,3-5,7,15-17,19-20H2,1-2H3,(H,39,41)(H,40,42)(H,43,44)(H,45,46). The van der Waals surface area contributed by atoms with Crippen molar-refractivity contribution in [2.75, 3.05) is 0 Å². The number of aromatic nitrogens is 2. The predicted molar refractivity (Wildman–Crippen MR) is 188 cm³/mol. The van der Waals surface area contributed by atoms with Crippen LogP contribution in [0.25, 0.3) is 21.1 Å². The van der Waals surface area contributed by atoms with Crippen molar-refractivity contribution < 1.29 is 29.4 Å². The zero-order valence-electron chi connectivity index (χ0n) is 27.2. The number of carbonyl (C=O) groups excluding carboxylic acids is 2. The van der Waals surface area contributed by atoms with Crippen molar-refractivity contribution in [2.45, 2.75) is 83.7 Å². The molecular formula is C36H42N4O6S2. The lowest BCUT2D eigenvalue weighted by Gasteiger charge is -2.24. The second-order valence-corrected chi connectivity index (χ2v) is 13.5. The van der Waals surface area contributed by atoms with E-state index in [4.69, 9.17) is 0 Å². The first kappa shape index (κ1) is 36.4. The maximum atomic E-state index is 12.9. The Morgan fingerprint density at radius 3 is 1.98 bits per heavy atom. The first-order valence-electron chi connectivity index (χ1n) is 16.2. The van der Waals surface area contributed by atoms with Crippen molar-refractivity contribution in [1.82, 2.24) is 20.6 Å². The highest BCUT2D eigenvalue weighted by Gasteiger charge is 2.29. The lowest BCUT2D eigenvalue weighted by atomic mass is 9.89. The van der Waals surface area contributed by atoms with E-state index in [0.717, 1.165) is 46.0 Å². The van der Waals surface area contributed by atoms with Gasteiger partial charge in [-0.1, -0.05) is 88.1 Å². The van der Waals surface area contributed by atoms with Crippen LogP contribution in [0.1, 0.15) is 69.3 Å². The summed E-state index contributed by atoms with van der Waals surface area (Å²) >= 11 is 2.85. The van der Waals surface area contributed by atoms with Gasteiger partial charge in [-0.2, -0.15) is 0 Å². The molecule has 0 bridgehead atoms. The Bertz CT molecular complexity index is 1670. The Kier molecular flexibility index (Phi) is 13.8. The van der Waals surface area contributed by atoms with Crippen molar-refractivity contribution in [3.63, 3.8) is 0 Å². The highest BCUT2D eigenvalue weighted by Crippen LogP contribution is 2.27. The number of nitrogens with zero attached hydrogens (tertiary/aromatic N) is 2. The number of carbonyl (C=O) groups is 4. The van der Waals surface area contributed by atoms with Gasteiger partial charge >= 0.3 is 11.9 Å². The van der Waals surface area contributed by atoms with E-state index in [2.05, 4.69) is 20.6 Å². The summed E-state index contributed by atoms with van der Waals surface area (Å²) in [5, 5.41) is 30.0. The van der Waals surface area contributed by atoms with E-state index < -0.39 is 24.0 Å². The van der Waals surface area contributed by atoms with Crippen LogP contribution in [0, 0.1) is 5.92 Å². The van der Waals surface area contributed by atoms with Crippen molar-refractivity contribution in [2.24, 2.45) is 5.92 Å². The zero-order valence-corrected chi connectivity index (χ0v) is 28.8. The fourth-order valence-electron chi connectivity index (χ4n) is 5.48. The van der Waals surface area contributed by atoms with Crippen molar-refractivity contribution in [3.05, 3.63) is 82.3 Å². The Morgan fingerprint density at radius 2 is 1.38 bits per heavy atom. The molecule has 3 atom stereocenters. The molecule has 0 aliphatic rings. The first-order chi connectivity index (χ1) is 23.2. The number of carboxylic acid groups (broad SMARTS) is 2. The van der Waals surface area contributed by atoms with Gasteiger partial charge in [0.15, 0.2) is 0 Å². The van der Waals surface area contributed by atoms with Crippen LogP contribution in [0.5, 0.6) is 0 Å². The summed E-state index contributed by atoms with van der Waals surface area (Å²) in [5.41, 5.74) is 4.01. The van der Waals surface area contributed by atoms with Crippen LogP contribution in [0.2, 0.25) is 0 Å². The van der Waals surface area contributed by atoms with E-state index in [1.807, 2.05) is 73.8 Å². The molecule has 3 unspecified atom stereocenters. The van der Waals surface area contributed by atoms with Crippen LogP contribution < -0.4 is 10.6 Å². The van der Waals surface area contributed by atoms with Gasteiger partial charge in [-0.25, -0.2) is 19.6 Å². The Labute approximate surface area is 288 Å². The van der Waals surface area contributed by atoms with Gasteiger partial charge in [-0.15, -0.1) is 22.7 Å². The molecule has 2 aromatic carbocycles. The molecule has 2 aromatic heterocycles. The summed E-state index contributed by atoms with van der Waals surface area (Å²) in [6.07, 6.45) is 4.73. The topological polar surface area (TPSA) is 159 Å². The molecule has 48 heavy (non-hydrogen) atoms. The third-order valence-corrected chi connectivity index (χ3v) is 9.97. The van der Waals surface area contributed by atoms with Crippen molar-refractivity contribution >= 4 is 46.4 Å². The fraction of sp³-hybridized carbons (Fsp3) is 0.389. The normalized spacial score (nSPS) is 13.0. The number of amides is 2. The summed E-state index contributed by atoms with van der Waals surface area (Å²) in [6.45, 7) is 3.96. The second kappa shape index (κ2) is 18.2. The highest BCUT2D eigenvalue weighted by atomic mass is 32.1. The van der Waals surface area contributed by atoms with Gasteiger partial charge in [0.2, 0.25) is 11.8 Å². The van der Waals surface area contributed by atoms with Gasteiger partial charge in [0.25, 0.3) is 0 Å². The van der Waals surface area contributed by atoms with Crippen molar-refractivity contribution in [1.29, 1.82) is 0 Å². The average Bonchev–Trinajstić information content (AvgIpc) is 3.74. The van der Waals surface area contributed by atoms with E-state index in [-0.39, 0.29) is 30.6 Å². The average molecular weight is 691 g/mol. The quantitative estimate of drug-likeness (QED) is 0.0824. The minimum absolute atomic E-state index is 0.00214. The number of nitrogens with one attached hydrogen (secondary N) is 2. The summed E-state index contributed by atoms with van der Waals surface area (Å²) in [6, 6.07) is 15.6. The fourth-order valence-corrected chi connectivity index (χ4v) is 7.12. The lowest BCUT2D eigenvalue weighted by Crippen LogP contribution is -2.46. The molecule has 0 saturated carbocycles. The number of aliphatic carboxylic acids is 2. The van der Waals surface area contributed by atoms with Crippen LogP contribution in [0.15, 0.2) is 65.4 Å². The van der Waals surface area contributed by atoms with Crippen LogP contribution in [0.3, 0.4) is 0 Å². The van der Waals surface area contributed by atoms with Crippen molar-refractivity contribution in [3.8, 4) is 21.1 Å². The Hall–Kier alpha value is -4.42. The molecule has 2 amide bonds. The third kappa shape index (κ3) is 10.8. The molecule has 0 spiro atoms. The molecule has 4 aromatic rings. The monoisotopic (exact) mass is 690 g/mol. The van der Waals surface area contributed by atoms with Crippen LogP contribution in [0.4, 0.5) is 0 Å². The number of carboxylic acids is 2. The molecule has 4 rings (SSSR count). The zero-order chi connectivity index (χ0) is 34.5. The molecule has 10 nitrogen and oxygen atoms in total. The molecular weight excluding hydrogens is 649 g/mol. The van der Waals surface area contributed by atoms with Gasteiger partial charge in [0, 0.05) is 21.9 Å². The molecule has 2 heterocycles. The maximum absolute atomic E-state index is 12.9. The number of hydrogen-bond donors (Lipinski definition) is 4. The number of hydrogen-bond acceptors (Lipinski definition) is 8. The molecule has 4 N–H and O–H groups in total. The third-order valence-electron chi connectivity index (χ3n) is 8.09. The number of aryl methyl sites for hydroxylation is 1. The predicted octanol–water partition coefficient (Wildman–Crippen LogP) is 6.40. The van der Waals surface area contributed by atoms with E-state index in [1.165, 1.54) is 22.7 Å². The van der Waals surface area contributed by atoms with E-state index in [1.54, 1.807) is 5.38 Å². The number of unbranched alkanes of at least 4 members (excludes halogenated alkanes) is 2. The molecule has 0 aliphatic heterocycles. The Morgan fingerprint density at radius 1 is 0.750 bits per heavy atom. The summed E-state index contributed by atoms with van der Waals surface area (Å²) in [5.74, 6) is -3.14. The number of benzene rings is 2. The van der Waals surface area contributed by atoms with Crippen LogP contribution in [-0.4, -0.2) is 56.0 Å². The molecule has 0 radical (unpaired) electrons. The summed E-state index contributed by atoms with van der Waals surface area (Å²) < 4.78 is 0. The molecule has 12 heteroatoms. The lowest BCUT2D eigenvalue weighted by molar-refractivity contribution is -0.143. The minimum Gasteiger partial charge on any atom is -0.480 e. The molecule has 0 aliphatic carbocycles. The molecule has 0 fully saturated rings. The number of rotatable bonds is 19. The highest BCUT2D eigenvalue weighted by molar-refractivity contribution is 7.13. The molecule has 0 saturated heterocycles.